The largest absolute Gasteiger partial charge is 0.493 e. The van der Waals surface area contributed by atoms with E-state index in [-0.39, 0.29) is 5.91 Å². The Kier molecular flexibility index (Phi) is 5.91. The summed E-state index contributed by atoms with van der Waals surface area (Å²) in [5, 5.41) is 6.53. The molecule has 0 aliphatic heterocycles. The van der Waals surface area contributed by atoms with Gasteiger partial charge in [0.25, 0.3) is 0 Å². The van der Waals surface area contributed by atoms with E-state index in [4.69, 9.17) is 9.15 Å². The van der Waals surface area contributed by atoms with E-state index in [0.29, 0.717) is 12.6 Å². The molecule has 0 atom stereocenters. The van der Waals surface area contributed by atoms with Crippen LogP contribution >= 0.6 is 0 Å². The molecule has 1 heterocycles. The van der Waals surface area contributed by atoms with Crippen molar-refractivity contribution in [3.63, 3.8) is 0 Å². The number of benzene rings is 3. The SMILES string of the molecule is CCOc1cc2occ(-c3cccc4ccccc34)c2cc1/C(C)=C/C(=O)NC1CCCC1. The van der Waals surface area contributed by atoms with Crippen molar-refractivity contribution in [2.24, 2.45) is 0 Å². The summed E-state index contributed by atoms with van der Waals surface area (Å²) >= 11 is 0. The van der Waals surface area contributed by atoms with Crippen molar-refractivity contribution in [2.75, 3.05) is 6.61 Å². The fourth-order valence-corrected chi connectivity index (χ4v) is 4.89. The van der Waals surface area contributed by atoms with Crippen LogP contribution in [-0.2, 0) is 4.79 Å². The lowest BCUT2D eigenvalue weighted by atomic mass is 9.96. The predicted octanol–water partition coefficient (Wildman–Crippen LogP) is 7.11. The van der Waals surface area contributed by atoms with Crippen molar-refractivity contribution in [1.82, 2.24) is 5.32 Å². The Morgan fingerprint density at radius 3 is 2.67 bits per heavy atom. The van der Waals surface area contributed by atoms with E-state index in [1.165, 1.54) is 23.6 Å². The van der Waals surface area contributed by atoms with Crippen LogP contribution in [0.15, 0.2) is 71.4 Å². The number of hydrogen-bond acceptors (Lipinski definition) is 3. The van der Waals surface area contributed by atoms with Crippen molar-refractivity contribution in [3.8, 4) is 16.9 Å². The van der Waals surface area contributed by atoms with E-state index in [0.717, 1.165) is 51.8 Å². The van der Waals surface area contributed by atoms with Gasteiger partial charge in [0.1, 0.15) is 11.3 Å². The third-order valence-corrected chi connectivity index (χ3v) is 6.53. The lowest BCUT2D eigenvalue weighted by Crippen LogP contribution is -2.31. The molecule has 168 valence electrons. The molecule has 5 rings (SSSR count). The Bertz CT molecular complexity index is 1340. The standard InChI is InChI=1S/C29H29NO3/c1-3-32-27-17-28-25(16-24(27)19(2)15-29(31)30-21-11-5-6-12-21)26(18-33-28)23-14-8-10-20-9-4-7-13-22(20)23/h4,7-10,13-18,21H,3,5-6,11-12H2,1-2H3,(H,30,31)/b19-15+. The molecule has 4 nitrogen and oxygen atoms in total. The van der Waals surface area contributed by atoms with Gasteiger partial charge in [0, 0.05) is 34.7 Å². The topological polar surface area (TPSA) is 51.5 Å². The molecule has 0 saturated heterocycles. The molecule has 1 fully saturated rings. The average molecular weight is 440 g/mol. The number of nitrogens with one attached hydrogen (secondary N) is 1. The second kappa shape index (κ2) is 9.14. The number of carbonyl (C=O) groups excluding carboxylic acids is 1. The average Bonchev–Trinajstić information content (AvgIpc) is 3.48. The van der Waals surface area contributed by atoms with Gasteiger partial charge < -0.3 is 14.5 Å². The van der Waals surface area contributed by atoms with Crippen molar-refractivity contribution in [1.29, 1.82) is 0 Å². The molecule has 3 aromatic carbocycles. The molecule has 0 bridgehead atoms. The lowest BCUT2D eigenvalue weighted by molar-refractivity contribution is -0.117. The molecule has 33 heavy (non-hydrogen) atoms. The zero-order valence-electron chi connectivity index (χ0n) is 19.2. The number of ether oxygens (including phenoxy) is 1. The van der Waals surface area contributed by atoms with E-state index >= 15 is 0 Å². The second-order valence-corrected chi connectivity index (χ2v) is 8.77. The van der Waals surface area contributed by atoms with E-state index in [9.17, 15) is 4.79 Å². The van der Waals surface area contributed by atoms with Crippen LogP contribution in [0.5, 0.6) is 5.75 Å². The lowest BCUT2D eigenvalue weighted by Gasteiger charge is -2.13. The van der Waals surface area contributed by atoms with Gasteiger partial charge in [-0.1, -0.05) is 55.3 Å². The molecule has 0 radical (unpaired) electrons. The highest BCUT2D eigenvalue weighted by atomic mass is 16.5. The Balaban J connectivity index is 1.58. The summed E-state index contributed by atoms with van der Waals surface area (Å²) in [6.45, 7) is 4.47. The molecular weight excluding hydrogens is 410 g/mol. The number of allylic oxidation sites excluding steroid dienone is 1. The molecular formula is C29H29NO3. The first kappa shape index (κ1) is 21.3. The number of amides is 1. The van der Waals surface area contributed by atoms with Gasteiger partial charge in [-0.25, -0.2) is 0 Å². The van der Waals surface area contributed by atoms with Crippen LogP contribution in [0.2, 0.25) is 0 Å². The highest BCUT2D eigenvalue weighted by Crippen LogP contribution is 2.39. The van der Waals surface area contributed by atoms with Crippen molar-refractivity contribution in [2.45, 2.75) is 45.6 Å². The van der Waals surface area contributed by atoms with Crippen LogP contribution in [-0.4, -0.2) is 18.6 Å². The van der Waals surface area contributed by atoms with Gasteiger partial charge in [-0.3, -0.25) is 4.79 Å². The van der Waals surface area contributed by atoms with Crippen molar-refractivity contribution in [3.05, 3.63) is 72.5 Å². The van der Waals surface area contributed by atoms with Gasteiger partial charge in [0.2, 0.25) is 5.91 Å². The Hall–Kier alpha value is -3.53. The predicted molar refractivity (Wildman–Crippen MR) is 134 cm³/mol. The first-order chi connectivity index (χ1) is 16.1. The minimum absolute atomic E-state index is 0.0385. The normalized spacial score (nSPS) is 14.8. The summed E-state index contributed by atoms with van der Waals surface area (Å²) in [4.78, 5) is 12.7. The quantitative estimate of drug-likeness (QED) is 0.326. The molecule has 0 spiro atoms. The summed E-state index contributed by atoms with van der Waals surface area (Å²) in [7, 11) is 0. The maximum atomic E-state index is 12.7. The third-order valence-electron chi connectivity index (χ3n) is 6.53. The van der Waals surface area contributed by atoms with Crippen molar-refractivity contribution < 1.29 is 13.9 Å². The van der Waals surface area contributed by atoms with E-state index in [1.54, 1.807) is 6.08 Å². The first-order valence-corrected chi connectivity index (χ1v) is 11.8. The Morgan fingerprint density at radius 1 is 1.06 bits per heavy atom. The highest BCUT2D eigenvalue weighted by Gasteiger charge is 2.18. The van der Waals surface area contributed by atoms with E-state index in [2.05, 4.69) is 53.8 Å². The molecule has 1 amide bonds. The Labute approximate surface area is 194 Å². The first-order valence-electron chi connectivity index (χ1n) is 11.8. The maximum Gasteiger partial charge on any atom is 0.244 e. The van der Waals surface area contributed by atoms with E-state index < -0.39 is 0 Å². The molecule has 0 unspecified atom stereocenters. The maximum absolute atomic E-state index is 12.7. The minimum Gasteiger partial charge on any atom is -0.493 e. The summed E-state index contributed by atoms with van der Waals surface area (Å²) in [5.74, 6) is 0.689. The van der Waals surface area contributed by atoms with Crippen molar-refractivity contribution >= 4 is 33.2 Å². The monoisotopic (exact) mass is 439 g/mol. The number of hydrogen-bond donors (Lipinski definition) is 1. The molecule has 1 aliphatic rings. The van der Waals surface area contributed by atoms with Crippen LogP contribution in [0.1, 0.15) is 45.1 Å². The fraction of sp³-hybridized carbons (Fsp3) is 0.276. The van der Waals surface area contributed by atoms with Gasteiger partial charge in [0.05, 0.1) is 12.9 Å². The Morgan fingerprint density at radius 2 is 1.85 bits per heavy atom. The summed E-state index contributed by atoms with van der Waals surface area (Å²) < 4.78 is 11.9. The molecule has 4 aromatic rings. The van der Waals surface area contributed by atoms with Crippen LogP contribution in [0.25, 0.3) is 38.4 Å². The summed E-state index contributed by atoms with van der Waals surface area (Å²) in [6.07, 6.45) is 8.03. The van der Waals surface area contributed by atoms with E-state index in [1.807, 2.05) is 26.2 Å². The fourth-order valence-electron chi connectivity index (χ4n) is 4.89. The van der Waals surface area contributed by atoms with Crippen LogP contribution in [0.3, 0.4) is 0 Å². The molecule has 1 N–H and O–H groups in total. The number of rotatable bonds is 6. The molecule has 1 aliphatic carbocycles. The number of carbonyl (C=O) groups is 1. The summed E-state index contributed by atoms with van der Waals surface area (Å²) in [5.41, 5.74) is 4.72. The smallest absolute Gasteiger partial charge is 0.244 e. The van der Waals surface area contributed by atoms with Crippen LogP contribution < -0.4 is 10.1 Å². The van der Waals surface area contributed by atoms with Crippen LogP contribution in [0, 0.1) is 0 Å². The highest BCUT2D eigenvalue weighted by molar-refractivity contribution is 6.06. The van der Waals surface area contributed by atoms with Gasteiger partial charge in [-0.15, -0.1) is 0 Å². The number of fused-ring (bicyclic) bond motifs is 2. The summed E-state index contributed by atoms with van der Waals surface area (Å²) in [6, 6.07) is 19.0. The zero-order chi connectivity index (χ0) is 22.8. The van der Waals surface area contributed by atoms with Gasteiger partial charge in [0.15, 0.2) is 0 Å². The van der Waals surface area contributed by atoms with Crippen LogP contribution in [0.4, 0.5) is 0 Å². The molecule has 1 saturated carbocycles. The number of furan rings is 1. The minimum atomic E-state index is -0.0385. The van der Waals surface area contributed by atoms with Gasteiger partial charge in [-0.05, 0) is 54.7 Å². The zero-order valence-corrected chi connectivity index (χ0v) is 19.2. The van der Waals surface area contributed by atoms with Gasteiger partial charge >= 0.3 is 0 Å². The second-order valence-electron chi connectivity index (χ2n) is 8.77. The molecule has 1 aromatic heterocycles. The third kappa shape index (κ3) is 4.25. The molecule has 4 heteroatoms. The van der Waals surface area contributed by atoms with Gasteiger partial charge in [-0.2, -0.15) is 0 Å².